The van der Waals surface area contributed by atoms with Gasteiger partial charge in [-0.1, -0.05) is 6.07 Å². The second-order valence-corrected chi connectivity index (χ2v) is 8.80. The van der Waals surface area contributed by atoms with Crippen LogP contribution in [0.2, 0.25) is 0 Å². The molecule has 0 aliphatic heterocycles. The summed E-state index contributed by atoms with van der Waals surface area (Å²) in [5, 5.41) is 18.4. The van der Waals surface area contributed by atoms with Gasteiger partial charge in [-0.15, -0.1) is 0 Å². The first-order valence-electron chi connectivity index (χ1n) is 10.9. The molecule has 11 heteroatoms. The minimum atomic E-state index is -0.613. The maximum absolute atomic E-state index is 11.9. The van der Waals surface area contributed by atoms with Crippen LogP contribution in [0.1, 0.15) is 32.0 Å². The van der Waals surface area contributed by atoms with Gasteiger partial charge >= 0.3 is 11.8 Å². The molecule has 2 heterocycles. The number of ether oxygens (including phenoxy) is 3. The lowest BCUT2D eigenvalue weighted by atomic mass is 10.0. The summed E-state index contributed by atoms with van der Waals surface area (Å²) < 4.78 is 17.9. The molecule has 11 nitrogen and oxygen atoms in total. The Bertz CT molecular complexity index is 1200. The van der Waals surface area contributed by atoms with Gasteiger partial charge in [-0.2, -0.15) is 5.10 Å². The smallest absolute Gasteiger partial charge is 0.413 e. The van der Waals surface area contributed by atoms with Crippen molar-refractivity contribution in [2.45, 2.75) is 39.4 Å². The number of anilines is 1. The van der Waals surface area contributed by atoms with E-state index in [9.17, 15) is 14.9 Å². The molecule has 3 rings (SSSR count). The predicted octanol–water partition coefficient (Wildman–Crippen LogP) is 4.51. The fourth-order valence-electron chi connectivity index (χ4n) is 3.35. The van der Waals surface area contributed by atoms with Gasteiger partial charge in [0.15, 0.2) is 0 Å². The van der Waals surface area contributed by atoms with Gasteiger partial charge in [0.25, 0.3) is 0 Å². The molecule has 0 saturated carbocycles. The molecule has 0 aliphatic rings. The number of aryl methyl sites for hydroxylation is 1. The van der Waals surface area contributed by atoms with Crippen LogP contribution in [0.15, 0.2) is 42.7 Å². The summed E-state index contributed by atoms with van der Waals surface area (Å²) in [4.78, 5) is 27.5. The molecular weight excluding hydrogens is 454 g/mol. The van der Waals surface area contributed by atoms with Crippen molar-refractivity contribution >= 4 is 17.6 Å². The van der Waals surface area contributed by atoms with Crippen molar-refractivity contribution in [3.05, 3.63) is 64.1 Å². The summed E-state index contributed by atoms with van der Waals surface area (Å²) in [7, 11) is 3.18. The molecule has 3 aromatic rings. The van der Waals surface area contributed by atoms with Crippen molar-refractivity contribution in [2.24, 2.45) is 7.05 Å². The number of nitrogens with one attached hydrogen (secondary N) is 1. The van der Waals surface area contributed by atoms with Crippen LogP contribution in [0.4, 0.5) is 16.3 Å². The van der Waals surface area contributed by atoms with E-state index in [1.165, 1.54) is 13.2 Å². The zero-order valence-electron chi connectivity index (χ0n) is 20.4. The van der Waals surface area contributed by atoms with Crippen LogP contribution in [0.5, 0.6) is 5.75 Å². The van der Waals surface area contributed by atoms with Crippen LogP contribution in [0.25, 0.3) is 11.1 Å². The fourth-order valence-corrected chi connectivity index (χ4v) is 3.35. The van der Waals surface area contributed by atoms with Crippen LogP contribution < -0.4 is 10.1 Å². The molecule has 1 N–H and O–H groups in total. The predicted molar refractivity (Wildman–Crippen MR) is 129 cm³/mol. The molecule has 0 unspecified atom stereocenters. The van der Waals surface area contributed by atoms with E-state index in [0.29, 0.717) is 35.7 Å². The van der Waals surface area contributed by atoms with Crippen LogP contribution >= 0.6 is 0 Å². The van der Waals surface area contributed by atoms with Crippen molar-refractivity contribution in [1.29, 1.82) is 0 Å². The van der Waals surface area contributed by atoms with Crippen LogP contribution in [-0.2, 0) is 29.5 Å². The molecule has 0 spiro atoms. The molecule has 1 amide bonds. The Morgan fingerprint density at radius 1 is 1.26 bits per heavy atom. The number of aromatic nitrogens is 3. The van der Waals surface area contributed by atoms with Crippen LogP contribution in [-0.4, -0.2) is 45.1 Å². The Labute approximate surface area is 203 Å². The highest BCUT2D eigenvalue weighted by Crippen LogP contribution is 2.39. The highest BCUT2D eigenvalue weighted by molar-refractivity contribution is 5.83. The maximum Gasteiger partial charge on any atom is 0.413 e. The lowest BCUT2D eigenvalue weighted by Crippen LogP contribution is -2.27. The third-order valence-corrected chi connectivity index (χ3v) is 4.77. The molecule has 0 atom stereocenters. The molecule has 0 bridgehead atoms. The normalized spacial score (nSPS) is 11.2. The highest BCUT2D eigenvalue weighted by atomic mass is 16.6. The number of nitro groups is 1. The summed E-state index contributed by atoms with van der Waals surface area (Å²) >= 11 is 0. The monoisotopic (exact) mass is 483 g/mol. The zero-order chi connectivity index (χ0) is 25.6. The molecule has 0 fully saturated rings. The number of carbonyl (C=O) groups is 1. The maximum atomic E-state index is 11.9. The van der Waals surface area contributed by atoms with Crippen molar-refractivity contribution in [3.63, 3.8) is 0 Å². The van der Waals surface area contributed by atoms with E-state index in [1.54, 1.807) is 63.1 Å². The van der Waals surface area contributed by atoms with Crippen molar-refractivity contribution < 1.29 is 23.9 Å². The number of rotatable bonds is 9. The third kappa shape index (κ3) is 7.24. The topological polar surface area (TPSA) is 131 Å². The van der Waals surface area contributed by atoms with E-state index in [1.807, 2.05) is 6.07 Å². The van der Waals surface area contributed by atoms with Crippen molar-refractivity contribution in [3.8, 4) is 16.9 Å². The fraction of sp³-hybridized carbons (Fsp3) is 0.375. The van der Waals surface area contributed by atoms with Crippen molar-refractivity contribution in [1.82, 2.24) is 14.8 Å². The largest absolute Gasteiger partial charge is 0.490 e. The number of amides is 1. The molecule has 35 heavy (non-hydrogen) atoms. The number of pyridine rings is 1. The molecule has 186 valence electrons. The highest BCUT2D eigenvalue weighted by Gasteiger charge is 2.22. The quantitative estimate of drug-likeness (QED) is 0.267. The standard InChI is InChI=1S/C24H29N5O6/c1-24(2,3)35-23(30)27-21-8-6-7-18(26-21)15-34-10-9-16-11-19(17-13-25-28(4)14-17)22(33-5)20(12-16)29(31)32/h6-8,11-14H,9-10,15H2,1-5H3,(H,26,27,30). The second kappa shape index (κ2) is 11.0. The first-order chi connectivity index (χ1) is 16.6. The Morgan fingerprint density at radius 2 is 2.03 bits per heavy atom. The van der Waals surface area contributed by atoms with Gasteiger partial charge in [0.2, 0.25) is 5.75 Å². The van der Waals surface area contributed by atoms with E-state index in [0.717, 1.165) is 5.56 Å². The molecular formula is C24H29N5O6. The first-order valence-corrected chi connectivity index (χ1v) is 10.9. The summed E-state index contributed by atoms with van der Waals surface area (Å²) in [6, 6.07) is 8.52. The van der Waals surface area contributed by atoms with Crippen LogP contribution in [0, 0.1) is 10.1 Å². The Hall–Kier alpha value is -3.99. The van der Waals surface area contributed by atoms with Gasteiger partial charge < -0.3 is 14.2 Å². The number of benzene rings is 1. The Balaban J connectivity index is 1.65. The SMILES string of the molecule is COc1c(-c2cnn(C)c2)cc(CCOCc2cccc(NC(=O)OC(C)(C)C)n2)cc1[N+](=O)[O-]. The number of nitrogens with zero attached hydrogens (tertiary/aromatic N) is 4. The first kappa shape index (κ1) is 25.6. The minimum absolute atomic E-state index is 0.119. The van der Waals surface area contributed by atoms with Gasteiger partial charge in [0, 0.05) is 30.4 Å². The average molecular weight is 484 g/mol. The molecule has 0 saturated heterocycles. The van der Waals surface area contributed by atoms with E-state index >= 15 is 0 Å². The van der Waals surface area contributed by atoms with Gasteiger partial charge in [0.1, 0.15) is 11.4 Å². The summed E-state index contributed by atoms with van der Waals surface area (Å²) in [5.74, 6) is 0.540. The molecule has 2 aromatic heterocycles. The van der Waals surface area contributed by atoms with Gasteiger partial charge in [-0.05, 0) is 51.0 Å². The van der Waals surface area contributed by atoms with E-state index in [4.69, 9.17) is 14.2 Å². The van der Waals surface area contributed by atoms with E-state index in [2.05, 4.69) is 15.4 Å². The van der Waals surface area contributed by atoms with Crippen LogP contribution in [0.3, 0.4) is 0 Å². The van der Waals surface area contributed by atoms with Crippen molar-refractivity contribution in [2.75, 3.05) is 19.0 Å². The second-order valence-electron chi connectivity index (χ2n) is 8.80. The molecule has 0 aliphatic carbocycles. The number of nitro benzene ring substituents is 1. The average Bonchev–Trinajstić information content (AvgIpc) is 3.21. The molecule has 1 aromatic carbocycles. The molecule has 0 radical (unpaired) electrons. The minimum Gasteiger partial charge on any atom is -0.490 e. The van der Waals surface area contributed by atoms with E-state index in [-0.39, 0.29) is 18.0 Å². The number of hydrogen-bond acceptors (Lipinski definition) is 8. The van der Waals surface area contributed by atoms with Gasteiger partial charge in [-0.25, -0.2) is 9.78 Å². The summed E-state index contributed by atoms with van der Waals surface area (Å²) in [5.41, 5.74) is 1.92. The Morgan fingerprint density at radius 3 is 2.66 bits per heavy atom. The van der Waals surface area contributed by atoms with Gasteiger partial charge in [0.05, 0.1) is 37.1 Å². The number of methoxy groups -OCH3 is 1. The summed E-state index contributed by atoms with van der Waals surface area (Å²) in [6.07, 6.45) is 3.25. The Kier molecular flexibility index (Phi) is 8.02. The van der Waals surface area contributed by atoms with E-state index < -0.39 is 16.6 Å². The number of carbonyl (C=O) groups excluding carboxylic acids is 1. The lowest BCUT2D eigenvalue weighted by Gasteiger charge is -2.19. The lowest BCUT2D eigenvalue weighted by molar-refractivity contribution is -0.385. The van der Waals surface area contributed by atoms with Gasteiger partial charge in [-0.3, -0.25) is 20.1 Å². The zero-order valence-corrected chi connectivity index (χ0v) is 20.4. The summed E-state index contributed by atoms with van der Waals surface area (Å²) in [6.45, 7) is 5.85. The third-order valence-electron chi connectivity index (χ3n) is 4.77. The number of hydrogen-bond donors (Lipinski definition) is 1.